The number of hydrogen-bond acceptors (Lipinski definition) is 9. The fraction of sp³-hybridized carbons (Fsp3) is 0.318. The highest BCUT2D eigenvalue weighted by molar-refractivity contribution is 6.40. The van der Waals surface area contributed by atoms with Gasteiger partial charge in [0.1, 0.15) is 17.0 Å². The van der Waals surface area contributed by atoms with Crippen LogP contribution in [-0.2, 0) is 16.9 Å². The van der Waals surface area contributed by atoms with Crippen LogP contribution in [0.4, 0.5) is 5.95 Å². The van der Waals surface area contributed by atoms with E-state index in [-0.39, 0.29) is 5.95 Å². The fourth-order valence-corrected chi connectivity index (χ4v) is 3.68. The van der Waals surface area contributed by atoms with Crippen molar-refractivity contribution in [2.45, 2.75) is 31.9 Å². The fourth-order valence-electron chi connectivity index (χ4n) is 3.68. The highest BCUT2D eigenvalue weighted by Gasteiger charge is 2.33. The molecule has 9 nitrogen and oxygen atoms in total. The normalized spacial score (nSPS) is 16.8. The van der Waals surface area contributed by atoms with E-state index < -0.39 is 5.60 Å². The van der Waals surface area contributed by atoms with E-state index in [4.69, 9.17) is 16.3 Å². The van der Waals surface area contributed by atoms with Crippen molar-refractivity contribution in [3.05, 3.63) is 59.0 Å². The third kappa shape index (κ3) is 4.37. The first-order valence-corrected chi connectivity index (χ1v) is 10.1. The molecule has 5 N–H and O–H groups in total. The molecule has 0 bridgehead atoms. The number of para-hydroxylation sites is 1. The summed E-state index contributed by atoms with van der Waals surface area (Å²) in [5, 5.41) is 15.5. The number of nitrogens with two attached hydrogens (primary N) is 2. The predicted molar refractivity (Wildman–Crippen MR) is 120 cm³/mol. The Morgan fingerprint density at radius 2 is 1.94 bits per heavy atom. The van der Waals surface area contributed by atoms with Crippen LogP contribution < -0.4 is 11.6 Å². The topological polar surface area (TPSA) is 145 Å². The van der Waals surface area contributed by atoms with E-state index in [2.05, 4.69) is 25.0 Å². The second-order valence-corrected chi connectivity index (χ2v) is 7.54. The van der Waals surface area contributed by atoms with E-state index in [0.717, 1.165) is 22.2 Å². The van der Waals surface area contributed by atoms with Gasteiger partial charge >= 0.3 is 0 Å². The molecule has 160 valence electrons. The molecule has 1 aliphatic heterocycles. The minimum atomic E-state index is -0.961. The zero-order valence-corrected chi connectivity index (χ0v) is 17.3. The molecule has 0 unspecified atom stereocenters. The average molecular weight is 419 g/mol. The first-order valence-electron chi connectivity index (χ1n) is 10.1. The summed E-state index contributed by atoms with van der Waals surface area (Å²) < 4.78 is 5.35. The van der Waals surface area contributed by atoms with Gasteiger partial charge in [-0.25, -0.2) is 9.97 Å². The number of fused-ring (bicyclic) bond motifs is 1. The lowest BCUT2D eigenvalue weighted by molar-refractivity contribution is -0.0706. The summed E-state index contributed by atoms with van der Waals surface area (Å²) in [4.78, 5) is 17.7. The third-order valence-electron chi connectivity index (χ3n) is 5.40. The summed E-state index contributed by atoms with van der Waals surface area (Å²) in [5.74, 6) is 5.78. The molecule has 3 aromatic rings. The number of rotatable bonds is 5. The Morgan fingerprint density at radius 3 is 2.71 bits per heavy atom. The summed E-state index contributed by atoms with van der Waals surface area (Å²) in [5.41, 5.74) is 8.95. The van der Waals surface area contributed by atoms with Crippen LogP contribution in [0, 0.1) is 6.92 Å². The molecule has 2 aromatic heterocycles. The Bertz CT molecular complexity index is 1150. The molecule has 0 amide bonds. The van der Waals surface area contributed by atoms with Gasteiger partial charge in [0, 0.05) is 31.4 Å². The van der Waals surface area contributed by atoms with Crippen molar-refractivity contribution in [2.24, 2.45) is 15.9 Å². The van der Waals surface area contributed by atoms with Crippen LogP contribution in [0.15, 0.2) is 46.5 Å². The molecule has 1 aliphatic rings. The molecule has 31 heavy (non-hydrogen) atoms. The Morgan fingerprint density at radius 1 is 1.16 bits per heavy atom. The Hall–Kier alpha value is -3.43. The number of hydrazone groups is 1. The van der Waals surface area contributed by atoms with E-state index >= 15 is 0 Å². The minimum absolute atomic E-state index is 0.144. The van der Waals surface area contributed by atoms with Crippen molar-refractivity contribution in [2.75, 3.05) is 18.9 Å². The van der Waals surface area contributed by atoms with Crippen molar-refractivity contribution in [1.29, 1.82) is 0 Å². The van der Waals surface area contributed by atoms with Crippen molar-refractivity contribution < 1.29 is 9.84 Å². The van der Waals surface area contributed by atoms with Gasteiger partial charge in [0.05, 0.1) is 29.7 Å². The van der Waals surface area contributed by atoms with Crippen LogP contribution in [0.3, 0.4) is 0 Å². The molecule has 0 radical (unpaired) electrons. The van der Waals surface area contributed by atoms with Gasteiger partial charge in [0.2, 0.25) is 5.95 Å². The standard InChI is InChI=1S/C22H25N7O2/c1-14-4-2-6-16-19(14)27-21(23)28-20(16)17(29-24)13-25-12-15-5-3-7-18(26-15)22(30)8-10-31-11-9-22/h2-7,13,30H,8-12,24H2,1H3,(H2,23,27,28). The van der Waals surface area contributed by atoms with E-state index in [0.29, 0.717) is 49.7 Å². The van der Waals surface area contributed by atoms with Crippen molar-refractivity contribution >= 4 is 28.8 Å². The predicted octanol–water partition coefficient (Wildman–Crippen LogP) is 1.85. The summed E-state index contributed by atoms with van der Waals surface area (Å²) in [6, 6.07) is 11.3. The maximum atomic E-state index is 10.9. The van der Waals surface area contributed by atoms with E-state index in [1.165, 1.54) is 0 Å². The second-order valence-electron chi connectivity index (χ2n) is 7.54. The Labute approximate surface area is 179 Å². The number of benzene rings is 1. The first-order chi connectivity index (χ1) is 15.0. The Kier molecular flexibility index (Phi) is 5.88. The quantitative estimate of drug-likeness (QED) is 0.325. The average Bonchev–Trinajstić information content (AvgIpc) is 2.78. The number of aliphatic hydroxyl groups is 1. The molecule has 4 rings (SSSR count). The van der Waals surface area contributed by atoms with Crippen LogP contribution in [-0.4, -0.2) is 45.2 Å². The van der Waals surface area contributed by atoms with E-state index in [1.807, 2.05) is 43.3 Å². The van der Waals surface area contributed by atoms with Crippen LogP contribution in [0.25, 0.3) is 10.9 Å². The summed E-state index contributed by atoms with van der Waals surface area (Å²) in [7, 11) is 0. The molecule has 0 spiro atoms. The Balaban J connectivity index is 1.57. The third-order valence-corrected chi connectivity index (χ3v) is 5.40. The molecule has 0 aliphatic carbocycles. The number of anilines is 1. The number of ether oxygens (including phenoxy) is 1. The minimum Gasteiger partial charge on any atom is -0.383 e. The monoisotopic (exact) mass is 419 g/mol. The summed E-state index contributed by atoms with van der Waals surface area (Å²) in [6.07, 6.45) is 2.61. The lowest BCUT2D eigenvalue weighted by atomic mass is 9.90. The van der Waals surface area contributed by atoms with Crippen molar-refractivity contribution in [1.82, 2.24) is 15.0 Å². The number of nitrogens with zero attached hydrogens (tertiary/aromatic N) is 5. The highest BCUT2D eigenvalue weighted by Crippen LogP contribution is 2.30. The van der Waals surface area contributed by atoms with Crippen LogP contribution in [0.2, 0.25) is 0 Å². The van der Waals surface area contributed by atoms with Gasteiger partial charge in [-0.1, -0.05) is 24.3 Å². The van der Waals surface area contributed by atoms with E-state index in [1.54, 1.807) is 6.21 Å². The zero-order chi connectivity index (χ0) is 21.8. The van der Waals surface area contributed by atoms with Gasteiger partial charge in [0.15, 0.2) is 0 Å². The van der Waals surface area contributed by atoms with Gasteiger partial charge in [0.25, 0.3) is 0 Å². The molecule has 0 saturated carbocycles. The van der Waals surface area contributed by atoms with Crippen LogP contribution in [0.1, 0.15) is 35.5 Å². The van der Waals surface area contributed by atoms with Crippen molar-refractivity contribution in [3.8, 4) is 0 Å². The smallest absolute Gasteiger partial charge is 0.221 e. The zero-order valence-electron chi connectivity index (χ0n) is 17.3. The van der Waals surface area contributed by atoms with Crippen molar-refractivity contribution in [3.63, 3.8) is 0 Å². The van der Waals surface area contributed by atoms with E-state index in [9.17, 15) is 5.11 Å². The first kappa shape index (κ1) is 20.8. The highest BCUT2D eigenvalue weighted by atomic mass is 16.5. The number of pyridine rings is 1. The SMILES string of the molecule is Cc1cccc2c(C(C=NCc3cccc(C4(O)CCOCC4)n3)=NN)nc(N)nc12. The number of aromatic nitrogens is 3. The number of hydrogen-bond donors (Lipinski definition) is 3. The largest absolute Gasteiger partial charge is 0.383 e. The summed E-state index contributed by atoms with van der Waals surface area (Å²) >= 11 is 0. The van der Waals surface area contributed by atoms with Crippen LogP contribution in [0.5, 0.6) is 0 Å². The van der Waals surface area contributed by atoms with Crippen LogP contribution >= 0.6 is 0 Å². The van der Waals surface area contributed by atoms with Gasteiger partial charge < -0.3 is 21.4 Å². The molecule has 3 heterocycles. The number of nitrogen functional groups attached to an aromatic ring is 1. The van der Waals surface area contributed by atoms with Gasteiger partial charge in [-0.05, 0) is 24.6 Å². The molecular weight excluding hydrogens is 394 g/mol. The molecular formula is C22H25N7O2. The number of aryl methyl sites for hydroxylation is 1. The molecule has 1 fully saturated rings. The molecule has 0 atom stereocenters. The molecule has 1 aromatic carbocycles. The maximum Gasteiger partial charge on any atom is 0.221 e. The molecule has 1 saturated heterocycles. The lowest BCUT2D eigenvalue weighted by Gasteiger charge is -2.31. The van der Waals surface area contributed by atoms with Gasteiger partial charge in [-0.15, -0.1) is 0 Å². The summed E-state index contributed by atoms with van der Waals surface area (Å²) in [6.45, 7) is 3.30. The van der Waals surface area contributed by atoms with Gasteiger partial charge in [-0.3, -0.25) is 9.98 Å². The van der Waals surface area contributed by atoms with Gasteiger partial charge in [-0.2, -0.15) is 5.10 Å². The maximum absolute atomic E-state index is 10.9. The second kappa shape index (κ2) is 8.75. The lowest BCUT2D eigenvalue weighted by Crippen LogP contribution is -2.34. The molecule has 9 heteroatoms. The number of aliphatic imine (C=N–C) groups is 1.